The van der Waals surface area contributed by atoms with E-state index in [4.69, 9.17) is 0 Å². The SMILES string of the molecule is CCC(C)(C)C1CCC2(CC1)C(=O)CS(=O)(=O)N2C. The van der Waals surface area contributed by atoms with Crippen LogP contribution >= 0.6 is 0 Å². The number of rotatable bonds is 2. The first-order valence-corrected chi connectivity index (χ1v) is 8.77. The summed E-state index contributed by atoms with van der Waals surface area (Å²) >= 11 is 0. The number of sulfonamides is 1. The number of carbonyl (C=O) groups excluding carboxylic acids is 1. The van der Waals surface area contributed by atoms with Gasteiger partial charge >= 0.3 is 0 Å². The van der Waals surface area contributed by atoms with Crippen molar-refractivity contribution in [2.75, 3.05) is 12.8 Å². The minimum absolute atomic E-state index is 0.0947. The molecule has 0 N–H and O–H groups in total. The Morgan fingerprint density at radius 3 is 2.21 bits per heavy atom. The van der Waals surface area contributed by atoms with Crippen molar-refractivity contribution >= 4 is 15.8 Å². The van der Waals surface area contributed by atoms with E-state index >= 15 is 0 Å². The lowest BCUT2D eigenvalue weighted by molar-refractivity contribution is -0.126. The third-order valence-electron chi connectivity index (χ3n) is 5.68. The molecule has 0 bridgehead atoms. The largest absolute Gasteiger partial charge is 0.296 e. The highest BCUT2D eigenvalue weighted by Gasteiger charge is 2.56. The standard InChI is InChI=1S/C14H25NO3S/c1-5-13(2,3)11-6-8-14(9-7-11)12(16)10-19(17,18)15(14)4/h11H,5-10H2,1-4H3. The summed E-state index contributed by atoms with van der Waals surface area (Å²) in [6, 6.07) is 0. The number of likely N-dealkylation sites (N-methyl/N-ethyl adjacent to an activating group) is 1. The molecular weight excluding hydrogens is 262 g/mol. The van der Waals surface area contributed by atoms with Crippen LogP contribution in [0.15, 0.2) is 0 Å². The summed E-state index contributed by atoms with van der Waals surface area (Å²) in [7, 11) is -1.78. The van der Waals surface area contributed by atoms with E-state index in [0.29, 0.717) is 18.8 Å². The first-order chi connectivity index (χ1) is 8.66. The summed E-state index contributed by atoms with van der Waals surface area (Å²) in [6.07, 6.45) is 4.40. The second kappa shape index (κ2) is 4.55. The van der Waals surface area contributed by atoms with E-state index in [1.54, 1.807) is 7.05 Å². The van der Waals surface area contributed by atoms with Crippen LogP contribution in [0.2, 0.25) is 0 Å². The second-order valence-electron chi connectivity index (χ2n) is 6.79. The molecule has 0 aromatic heterocycles. The van der Waals surface area contributed by atoms with Crippen LogP contribution in [-0.4, -0.2) is 36.8 Å². The zero-order valence-electron chi connectivity index (χ0n) is 12.4. The van der Waals surface area contributed by atoms with Crippen molar-refractivity contribution in [3.05, 3.63) is 0 Å². The number of nitrogens with zero attached hydrogens (tertiary/aromatic N) is 1. The predicted octanol–water partition coefficient (Wildman–Crippen LogP) is 2.20. The van der Waals surface area contributed by atoms with Crippen LogP contribution in [0.5, 0.6) is 0 Å². The number of hydrogen-bond donors (Lipinski definition) is 0. The fourth-order valence-corrected chi connectivity index (χ4v) is 5.21. The molecule has 1 saturated carbocycles. The van der Waals surface area contributed by atoms with E-state index in [9.17, 15) is 13.2 Å². The van der Waals surface area contributed by atoms with Gasteiger partial charge in [0.25, 0.3) is 0 Å². The summed E-state index contributed by atoms with van der Waals surface area (Å²) in [5, 5.41) is 0. The average Bonchev–Trinajstić information content (AvgIpc) is 2.51. The summed E-state index contributed by atoms with van der Waals surface area (Å²) in [4.78, 5) is 12.2. The fraction of sp³-hybridized carbons (Fsp3) is 0.929. The zero-order chi connectivity index (χ0) is 14.5. The first kappa shape index (κ1) is 15.0. The lowest BCUT2D eigenvalue weighted by Crippen LogP contribution is -2.51. The lowest BCUT2D eigenvalue weighted by Gasteiger charge is -2.44. The average molecular weight is 287 g/mol. The molecule has 2 fully saturated rings. The van der Waals surface area contributed by atoms with E-state index in [0.717, 1.165) is 19.3 Å². The summed E-state index contributed by atoms with van der Waals surface area (Å²) in [5.74, 6) is 0.195. The van der Waals surface area contributed by atoms with Crippen molar-refractivity contribution in [3.8, 4) is 0 Å². The summed E-state index contributed by atoms with van der Waals surface area (Å²) in [5.41, 5.74) is -0.445. The molecule has 19 heavy (non-hydrogen) atoms. The Balaban J connectivity index is 2.18. The van der Waals surface area contributed by atoms with Gasteiger partial charge in [-0.25, -0.2) is 8.42 Å². The highest BCUT2D eigenvalue weighted by atomic mass is 32.2. The van der Waals surface area contributed by atoms with Crippen LogP contribution in [0.25, 0.3) is 0 Å². The Bertz CT molecular complexity index is 473. The molecule has 2 rings (SSSR count). The van der Waals surface area contributed by atoms with E-state index in [-0.39, 0.29) is 17.0 Å². The fourth-order valence-electron chi connectivity index (χ4n) is 3.60. The maximum absolute atomic E-state index is 12.2. The van der Waals surface area contributed by atoms with Crippen molar-refractivity contribution in [1.82, 2.24) is 4.31 Å². The Labute approximate surface area is 116 Å². The quantitative estimate of drug-likeness (QED) is 0.782. The molecule has 1 aliphatic carbocycles. The topological polar surface area (TPSA) is 54.5 Å². The van der Waals surface area contributed by atoms with Crippen molar-refractivity contribution in [1.29, 1.82) is 0 Å². The van der Waals surface area contributed by atoms with E-state index in [2.05, 4.69) is 20.8 Å². The number of ketones is 1. The molecular formula is C14H25NO3S. The number of Topliss-reactive ketones (excluding diaryl/α,β-unsaturated/α-hetero) is 1. The zero-order valence-corrected chi connectivity index (χ0v) is 13.2. The van der Waals surface area contributed by atoms with Crippen molar-refractivity contribution in [2.24, 2.45) is 11.3 Å². The molecule has 0 aromatic rings. The Morgan fingerprint density at radius 2 is 1.84 bits per heavy atom. The first-order valence-electron chi connectivity index (χ1n) is 7.16. The molecule has 110 valence electrons. The normalized spacial score (nSPS) is 36.0. The predicted molar refractivity (Wildman–Crippen MR) is 75.3 cm³/mol. The molecule has 1 saturated heterocycles. The molecule has 5 heteroatoms. The van der Waals surface area contributed by atoms with E-state index in [1.165, 1.54) is 4.31 Å². The maximum Gasteiger partial charge on any atom is 0.221 e. The van der Waals surface area contributed by atoms with Crippen LogP contribution in [0.1, 0.15) is 52.9 Å². The molecule has 4 nitrogen and oxygen atoms in total. The minimum atomic E-state index is -3.36. The summed E-state index contributed by atoms with van der Waals surface area (Å²) < 4.78 is 25.1. The van der Waals surface area contributed by atoms with Crippen LogP contribution in [-0.2, 0) is 14.8 Å². The van der Waals surface area contributed by atoms with Crippen LogP contribution in [0, 0.1) is 11.3 Å². The molecule has 0 unspecified atom stereocenters. The Hall–Kier alpha value is -0.420. The molecule has 0 atom stereocenters. The molecule has 0 aromatic carbocycles. The Kier molecular flexibility index (Phi) is 3.59. The van der Waals surface area contributed by atoms with Crippen LogP contribution in [0.3, 0.4) is 0 Å². The molecule has 0 amide bonds. The van der Waals surface area contributed by atoms with E-state index in [1.807, 2.05) is 0 Å². The van der Waals surface area contributed by atoms with Gasteiger partial charge in [-0.3, -0.25) is 4.79 Å². The van der Waals surface area contributed by atoms with Gasteiger partial charge in [-0.2, -0.15) is 4.31 Å². The molecule has 0 radical (unpaired) electrons. The Morgan fingerprint density at radius 1 is 1.32 bits per heavy atom. The smallest absolute Gasteiger partial charge is 0.221 e. The molecule has 1 spiro atoms. The van der Waals surface area contributed by atoms with Gasteiger partial charge in [-0.15, -0.1) is 0 Å². The molecule has 1 aliphatic heterocycles. The van der Waals surface area contributed by atoms with Gasteiger partial charge in [0.15, 0.2) is 5.78 Å². The van der Waals surface area contributed by atoms with Crippen LogP contribution < -0.4 is 0 Å². The third kappa shape index (κ3) is 2.25. The summed E-state index contributed by atoms with van der Waals surface area (Å²) in [6.45, 7) is 6.74. The van der Waals surface area contributed by atoms with Gasteiger partial charge in [0, 0.05) is 7.05 Å². The number of hydrogen-bond acceptors (Lipinski definition) is 3. The van der Waals surface area contributed by atoms with Gasteiger partial charge in [0.1, 0.15) is 5.75 Å². The van der Waals surface area contributed by atoms with Gasteiger partial charge in [-0.1, -0.05) is 27.2 Å². The van der Waals surface area contributed by atoms with Gasteiger partial charge < -0.3 is 0 Å². The minimum Gasteiger partial charge on any atom is -0.296 e. The monoisotopic (exact) mass is 287 g/mol. The highest BCUT2D eigenvalue weighted by Crippen LogP contribution is 2.47. The van der Waals surface area contributed by atoms with Crippen molar-refractivity contribution in [3.63, 3.8) is 0 Å². The highest BCUT2D eigenvalue weighted by molar-refractivity contribution is 7.90. The van der Waals surface area contributed by atoms with Gasteiger partial charge in [0.05, 0.1) is 5.54 Å². The van der Waals surface area contributed by atoms with Crippen molar-refractivity contribution in [2.45, 2.75) is 58.4 Å². The second-order valence-corrected chi connectivity index (χ2v) is 8.80. The third-order valence-corrected chi connectivity index (χ3v) is 7.49. The molecule has 2 aliphatic rings. The molecule has 1 heterocycles. The van der Waals surface area contributed by atoms with Crippen LogP contribution in [0.4, 0.5) is 0 Å². The maximum atomic E-state index is 12.2. The van der Waals surface area contributed by atoms with Crippen molar-refractivity contribution < 1.29 is 13.2 Å². The van der Waals surface area contributed by atoms with Gasteiger partial charge in [0.2, 0.25) is 10.0 Å². The van der Waals surface area contributed by atoms with Gasteiger partial charge in [-0.05, 0) is 37.0 Å². The lowest BCUT2D eigenvalue weighted by atomic mass is 9.65. The van der Waals surface area contributed by atoms with E-state index < -0.39 is 15.6 Å². The number of carbonyl (C=O) groups is 1.